The molecular weight excluding hydrogens is 1420 g/mol. The molecular formula is C70H115N21O18. The summed E-state index contributed by atoms with van der Waals surface area (Å²) in [5.41, 5.74) is 34.3. The lowest BCUT2D eigenvalue weighted by Gasteiger charge is -2.30. The molecule has 1 heterocycles. The van der Waals surface area contributed by atoms with Gasteiger partial charge in [-0.25, -0.2) is 0 Å². The molecule has 0 spiro atoms. The number of H-pyrrole nitrogens is 1. The van der Waals surface area contributed by atoms with Crippen molar-refractivity contribution >= 4 is 117 Å². The molecule has 16 amide bonds. The first kappa shape index (κ1) is 94.1. The number of aromatic amines is 1. The van der Waals surface area contributed by atoms with Gasteiger partial charge >= 0.3 is 5.97 Å². The number of guanidine groups is 1. The van der Waals surface area contributed by atoms with Crippen molar-refractivity contribution in [2.24, 2.45) is 63.1 Å². The number of aliphatic carboxylic acids is 1. The number of benzene rings is 1. The first-order chi connectivity index (χ1) is 51.2. The zero-order valence-electron chi connectivity index (χ0n) is 63.8. The molecule has 12 atom stereocenters. The fourth-order valence-electron chi connectivity index (χ4n) is 11.2. The van der Waals surface area contributed by atoms with Crippen LogP contribution >= 0.6 is 0 Å². The Morgan fingerprint density at radius 3 is 1.49 bits per heavy atom. The number of aromatic nitrogens is 1. The molecule has 39 heteroatoms. The van der Waals surface area contributed by atoms with Crippen molar-refractivity contribution in [2.75, 3.05) is 26.2 Å². The molecule has 39 nitrogen and oxygen atoms in total. The number of carboxylic acids is 1. The molecule has 2 aromatic rings. The quantitative estimate of drug-likeness (QED) is 0.0168. The molecule has 0 bridgehead atoms. The summed E-state index contributed by atoms with van der Waals surface area (Å²) in [5, 5.41) is 43.5. The van der Waals surface area contributed by atoms with E-state index in [0.29, 0.717) is 29.3 Å². The number of rotatable bonds is 52. The van der Waals surface area contributed by atoms with E-state index in [0.717, 1.165) is 0 Å². The summed E-state index contributed by atoms with van der Waals surface area (Å²) in [6, 6.07) is -8.85. The molecule has 1 aromatic carbocycles. The third-order valence-electron chi connectivity index (χ3n) is 17.4. The summed E-state index contributed by atoms with van der Waals surface area (Å²) in [6.07, 6.45) is -0.0378. The number of primary amides is 3. The number of carboxylic acid groups (broad SMARTS) is 1. The minimum absolute atomic E-state index is 0.0126. The van der Waals surface area contributed by atoms with E-state index in [9.17, 15) is 86.6 Å². The monoisotopic (exact) mass is 1540 g/mol. The number of carbonyl (C=O) groups excluding carboxylic acids is 16. The summed E-state index contributed by atoms with van der Waals surface area (Å²) in [4.78, 5) is 235. The molecule has 0 saturated heterocycles. The van der Waals surface area contributed by atoms with Gasteiger partial charge in [-0.05, 0) is 106 Å². The number of hydrogen-bond donors (Lipinski definition) is 21. The van der Waals surface area contributed by atoms with E-state index in [4.69, 9.17) is 34.4 Å². The molecule has 0 aliphatic carbocycles. The van der Waals surface area contributed by atoms with Gasteiger partial charge < -0.3 is 114 Å². The van der Waals surface area contributed by atoms with E-state index in [2.05, 4.69) is 79.1 Å². The van der Waals surface area contributed by atoms with Gasteiger partial charge in [0.05, 0.1) is 13.0 Å². The largest absolute Gasteiger partial charge is 0.481 e. The molecule has 0 radical (unpaired) electrons. The summed E-state index contributed by atoms with van der Waals surface area (Å²) >= 11 is 0. The maximum atomic E-state index is 14.5. The van der Waals surface area contributed by atoms with E-state index in [1.54, 1.807) is 72.0 Å². The summed E-state index contributed by atoms with van der Waals surface area (Å²) < 4.78 is 0. The second-order valence-corrected chi connectivity index (χ2v) is 27.9. The smallest absolute Gasteiger partial charge is 0.303 e. The van der Waals surface area contributed by atoms with Crippen LogP contribution < -0.4 is 104 Å². The average Bonchev–Trinajstić information content (AvgIpc) is 1.73. The Labute approximate surface area is 633 Å². The van der Waals surface area contributed by atoms with Crippen molar-refractivity contribution in [1.82, 2.24) is 74.1 Å². The first-order valence-electron chi connectivity index (χ1n) is 36.4. The predicted octanol–water partition coefficient (Wildman–Crippen LogP) is -4.83. The van der Waals surface area contributed by atoms with E-state index >= 15 is 0 Å². The molecule has 0 fully saturated rings. The van der Waals surface area contributed by atoms with Crippen molar-refractivity contribution in [2.45, 2.75) is 232 Å². The van der Waals surface area contributed by atoms with Crippen LogP contribution in [0.1, 0.15) is 165 Å². The SMILES string of the molecule is CC[C@H](C)[C@H](NC(=O)[C@H](CCCCNC(C)=O)NC(=O)[C@H](CCCN)NC(=O)CNC(=O)[C@H](CC(N)=O)NC(=O)[C@@H](NC(=O)[C@H](CCC(=O)O)NC(=O)[C@@H](NC(=O)[C@H](Cc1c[nH]c2ccccc12)NC(=O)[C@H](CCCN=C(N)N)NC(C)=O)C(C)C)C(C)C)C(=O)N[C@@H](CC(C)C)C(=O)N[C@@H](CCC(N)=O)C(N)=O. The molecule has 608 valence electrons. The lowest BCUT2D eigenvalue weighted by molar-refractivity contribution is -0.139. The van der Waals surface area contributed by atoms with Crippen LogP contribution in [0.3, 0.4) is 0 Å². The van der Waals surface area contributed by atoms with Gasteiger partial charge in [-0.3, -0.25) is 86.5 Å². The van der Waals surface area contributed by atoms with Crippen LogP contribution in [0.2, 0.25) is 0 Å². The summed E-state index contributed by atoms with van der Waals surface area (Å²) in [5.74, 6) is -18.1. The second-order valence-electron chi connectivity index (χ2n) is 27.9. The molecule has 2 rings (SSSR count). The number of para-hydroxylation sites is 1. The fraction of sp³-hybridized carbons (Fsp3) is 0.629. The van der Waals surface area contributed by atoms with Gasteiger partial charge in [0.15, 0.2) is 5.96 Å². The highest BCUT2D eigenvalue weighted by Gasteiger charge is 2.39. The van der Waals surface area contributed by atoms with Crippen molar-refractivity contribution in [3.63, 3.8) is 0 Å². The zero-order chi connectivity index (χ0) is 82.4. The van der Waals surface area contributed by atoms with E-state index in [1.165, 1.54) is 27.7 Å². The van der Waals surface area contributed by atoms with Crippen LogP contribution in [0, 0.1) is 23.7 Å². The first-order valence-corrected chi connectivity index (χ1v) is 36.4. The molecule has 0 saturated carbocycles. The van der Waals surface area contributed by atoms with Gasteiger partial charge in [0.1, 0.15) is 66.5 Å². The zero-order valence-corrected chi connectivity index (χ0v) is 63.8. The number of hydrogen-bond acceptors (Lipinski definition) is 19. The number of amides is 16. The van der Waals surface area contributed by atoms with Crippen LogP contribution in [0.5, 0.6) is 0 Å². The van der Waals surface area contributed by atoms with Crippen molar-refractivity contribution in [1.29, 1.82) is 0 Å². The lowest BCUT2D eigenvalue weighted by atomic mass is 9.96. The summed E-state index contributed by atoms with van der Waals surface area (Å²) in [7, 11) is 0. The topological polar surface area (TPSA) is 651 Å². The second kappa shape index (κ2) is 48.3. The van der Waals surface area contributed by atoms with E-state index < -0.39 is 205 Å². The van der Waals surface area contributed by atoms with Gasteiger partial charge in [0.2, 0.25) is 94.5 Å². The third kappa shape index (κ3) is 35.5. The highest BCUT2D eigenvalue weighted by Crippen LogP contribution is 2.21. The summed E-state index contributed by atoms with van der Waals surface area (Å²) in [6.45, 7) is 14.9. The minimum atomic E-state index is -1.83. The molecule has 0 aliphatic rings. The van der Waals surface area contributed by atoms with Crippen LogP contribution in [0.4, 0.5) is 0 Å². The van der Waals surface area contributed by atoms with Crippen LogP contribution in [-0.4, -0.2) is 209 Å². The Bertz CT molecular complexity index is 3510. The predicted molar refractivity (Wildman–Crippen MR) is 400 cm³/mol. The number of unbranched alkanes of at least 4 members (excludes halogenated alkanes) is 1. The number of nitrogens with zero attached hydrogens (tertiary/aromatic N) is 1. The normalized spacial score (nSPS) is 14.4. The Morgan fingerprint density at radius 1 is 0.477 bits per heavy atom. The Balaban J connectivity index is 2.43. The molecule has 0 unspecified atom stereocenters. The third-order valence-corrected chi connectivity index (χ3v) is 17.4. The molecule has 27 N–H and O–H groups in total. The molecule has 109 heavy (non-hydrogen) atoms. The Kier molecular flexibility index (Phi) is 41.7. The van der Waals surface area contributed by atoms with Crippen molar-refractivity contribution < 1.29 is 86.6 Å². The number of nitrogens with one attached hydrogen (secondary N) is 14. The van der Waals surface area contributed by atoms with Crippen LogP contribution in [0.25, 0.3) is 10.9 Å². The fourth-order valence-corrected chi connectivity index (χ4v) is 11.2. The number of aliphatic imine (C=N–C) groups is 1. The highest BCUT2D eigenvalue weighted by molar-refractivity contribution is 6.00. The average molecular weight is 1540 g/mol. The number of carbonyl (C=O) groups is 17. The van der Waals surface area contributed by atoms with Gasteiger partial charge in [-0.15, -0.1) is 0 Å². The van der Waals surface area contributed by atoms with Gasteiger partial charge in [0, 0.05) is 63.3 Å². The van der Waals surface area contributed by atoms with Crippen molar-refractivity contribution in [3.8, 4) is 0 Å². The number of nitrogens with two attached hydrogens (primary N) is 6. The number of fused-ring (bicyclic) bond motifs is 1. The Morgan fingerprint density at radius 2 is 0.954 bits per heavy atom. The standard InChI is InChI=1S/C70H115N21O18/c1-11-38(8)58(69(109)87-49(30-35(2)3)65(105)83-44(59(74)99)23-25-52(72)94)91-63(103)47(20-14-15-28-77-39(9)92)84-62(102)46(21-16-27-71)82-54(96)34-80-60(100)51(32-53(73)95)88-68(108)57(37(6)7)89-64(104)48(24-26-55(97)98)85-67(107)56(36(4)5)90-66(106)50(31-41-33-79-43-19-13-12-18-42(41)43)86-61(101)45(81-40(10)93)22-17-29-78-70(75)76/h12-13,18-19,33,35-38,44-51,56-58,79H,11,14-17,20-32,34,71H2,1-10H3,(H2,72,94)(H2,73,95)(H2,74,99)(H,77,92)(H,80,100)(H,81,93)(H,82,96)(H,83,105)(H,84,102)(H,85,107)(H,86,101)(H,87,109)(H,88,108)(H,89,104)(H,90,106)(H,91,103)(H,97,98)(H4,75,76,78)/t38-,44-,45-,46-,47-,48-,49-,50-,51-,56-,57-,58-/m0/s1. The Hall–Kier alpha value is -11.0. The maximum absolute atomic E-state index is 14.5. The van der Waals surface area contributed by atoms with Crippen LogP contribution in [0.15, 0.2) is 35.5 Å². The lowest BCUT2D eigenvalue weighted by Crippen LogP contribution is -2.61. The van der Waals surface area contributed by atoms with Gasteiger partial charge in [-0.2, -0.15) is 0 Å². The molecule has 1 aromatic heterocycles. The minimum Gasteiger partial charge on any atom is -0.481 e. The maximum Gasteiger partial charge on any atom is 0.303 e. The molecule has 0 aliphatic heterocycles. The van der Waals surface area contributed by atoms with E-state index in [-0.39, 0.29) is 102 Å². The van der Waals surface area contributed by atoms with Gasteiger partial charge in [-0.1, -0.05) is 80.0 Å². The van der Waals surface area contributed by atoms with Crippen molar-refractivity contribution in [3.05, 3.63) is 36.0 Å². The highest BCUT2D eigenvalue weighted by atomic mass is 16.4. The van der Waals surface area contributed by atoms with Gasteiger partial charge in [0.25, 0.3) is 0 Å². The van der Waals surface area contributed by atoms with E-state index in [1.807, 2.05) is 0 Å². The van der Waals surface area contributed by atoms with Crippen LogP contribution in [-0.2, 0) is 87.9 Å².